The maximum Gasteiger partial charge on any atom is 0.335 e. The van der Waals surface area contributed by atoms with Crippen molar-refractivity contribution < 1.29 is 14.3 Å². The lowest BCUT2D eigenvalue weighted by Gasteiger charge is -2.29. The summed E-state index contributed by atoms with van der Waals surface area (Å²) in [6, 6.07) is 13.5. The van der Waals surface area contributed by atoms with Crippen LogP contribution in [0.3, 0.4) is 0 Å². The molecule has 0 bridgehead atoms. The predicted octanol–water partition coefficient (Wildman–Crippen LogP) is 2.88. The highest BCUT2D eigenvalue weighted by atomic mass is 32.1. The number of hydrogen-bond donors (Lipinski definition) is 2. The number of hydrogen-bond acceptors (Lipinski definition) is 4. The monoisotopic (exact) mass is 331 g/mol. The summed E-state index contributed by atoms with van der Waals surface area (Å²) in [5.41, 5.74) is 4.31. The number of thiol groups is 1. The van der Waals surface area contributed by atoms with Gasteiger partial charge in [0.25, 0.3) is 0 Å². The fourth-order valence-electron chi connectivity index (χ4n) is 2.27. The van der Waals surface area contributed by atoms with Gasteiger partial charge in [0.05, 0.1) is 0 Å². The molecule has 0 spiro atoms. The number of nitrogens with two attached hydrogens (primary N) is 1. The summed E-state index contributed by atoms with van der Waals surface area (Å²) in [5.74, 6) is -0.766. The number of ether oxygens (including phenoxy) is 1. The molecular weight excluding hydrogens is 310 g/mol. The maximum atomic E-state index is 12.4. The summed E-state index contributed by atoms with van der Waals surface area (Å²) in [6.07, 6.45) is 0.0368. The second kappa shape index (κ2) is 6.34. The number of carbonyl (C=O) groups excluding carboxylic acids is 2. The minimum atomic E-state index is -1.81. The van der Waals surface area contributed by atoms with E-state index in [2.05, 4.69) is 12.6 Å². The van der Waals surface area contributed by atoms with E-state index in [1.54, 1.807) is 20.8 Å². The third kappa shape index (κ3) is 4.12. The molecule has 0 aliphatic carbocycles. The zero-order valence-electron chi connectivity index (χ0n) is 13.5. The second-order valence-corrected chi connectivity index (χ2v) is 7.04. The third-order valence-electron chi connectivity index (χ3n) is 3.44. The highest BCUT2D eigenvalue weighted by molar-refractivity contribution is 7.97. The lowest BCUT2D eigenvalue weighted by atomic mass is 9.91. The molecular formula is C18H21NO3S. The van der Waals surface area contributed by atoms with Gasteiger partial charge in [-0.3, -0.25) is 4.79 Å². The quantitative estimate of drug-likeness (QED) is 0.513. The Labute approximate surface area is 141 Å². The fourth-order valence-corrected chi connectivity index (χ4v) is 2.45. The predicted molar refractivity (Wildman–Crippen MR) is 94.4 cm³/mol. The highest BCUT2D eigenvalue weighted by Gasteiger charge is 2.43. The standard InChI is InChI=1S/C18H21NO3S/c1-17(2,3)22-15(20)18(19,16(21)23)11-12-8-9-13-6-4-5-7-14(13)10-12/h4-10H,11,19H2,1-3H3,(H,21,23). The summed E-state index contributed by atoms with van der Waals surface area (Å²) in [6.45, 7) is 5.18. The van der Waals surface area contributed by atoms with Crippen molar-refractivity contribution in [2.45, 2.75) is 38.3 Å². The van der Waals surface area contributed by atoms with Crippen molar-refractivity contribution in [1.29, 1.82) is 0 Å². The minimum Gasteiger partial charge on any atom is -0.458 e. The van der Waals surface area contributed by atoms with Crippen molar-refractivity contribution in [2.75, 3.05) is 0 Å². The Hall–Kier alpha value is -1.85. The number of carbonyl (C=O) groups is 2. The van der Waals surface area contributed by atoms with E-state index in [1.807, 2.05) is 42.5 Å². The van der Waals surface area contributed by atoms with Crippen LogP contribution in [0.2, 0.25) is 0 Å². The summed E-state index contributed by atoms with van der Waals surface area (Å²) in [7, 11) is 0. The topological polar surface area (TPSA) is 69.4 Å². The molecule has 4 nitrogen and oxygen atoms in total. The van der Waals surface area contributed by atoms with E-state index in [1.165, 1.54) is 0 Å². The van der Waals surface area contributed by atoms with Crippen LogP contribution in [-0.4, -0.2) is 22.2 Å². The maximum absolute atomic E-state index is 12.4. The van der Waals surface area contributed by atoms with Crippen LogP contribution < -0.4 is 5.73 Å². The summed E-state index contributed by atoms with van der Waals surface area (Å²) < 4.78 is 5.29. The average Bonchev–Trinajstić information content (AvgIpc) is 2.45. The molecule has 0 saturated carbocycles. The van der Waals surface area contributed by atoms with Crippen LogP contribution in [0, 0.1) is 0 Å². The first-order valence-electron chi connectivity index (χ1n) is 7.35. The molecule has 0 aromatic heterocycles. The Morgan fingerprint density at radius 2 is 1.70 bits per heavy atom. The van der Waals surface area contributed by atoms with Crippen LogP contribution in [0.25, 0.3) is 10.8 Å². The lowest BCUT2D eigenvalue weighted by molar-refractivity contribution is -0.162. The Balaban J connectivity index is 2.33. The van der Waals surface area contributed by atoms with E-state index >= 15 is 0 Å². The van der Waals surface area contributed by atoms with Gasteiger partial charge in [0.1, 0.15) is 5.60 Å². The van der Waals surface area contributed by atoms with Gasteiger partial charge in [0.2, 0.25) is 5.12 Å². The van der Waals surface area contributed by atoms with Crippen LogP contribution in [0.15, 0.2) is 42.5 Å². The first kappa shape index (κ1) is 17.5. The van der Waals surface area contributed by atoms with Gasteiger partial charge < -0.3 is 10.5 Å². The fraction of sp³-hybridized carbons (Fsp3) is 0.333. The number of rotatable bonds is 4. The van der Waals surface area contributed by atoms with Crippen LogP contribution in [-0.2, 0) is 20.7 Å². The molecule has 2 rings (SSSR count). The molecule has 0 fully saturated rings. The molecule has 2 aromatic rings. The summed E-state index contributed by atoms with van der Waals surface area (Å²) in [5, 5.41) is 1.39. The van der Waals surface area contributed by atoms with Crippen LogP contribution in [0.4, 0.5) is 0 Å². The first-order chi connectivity index (χ1) is 10.6. The molecule has 1 atom stereocenters. The smallest absolute Gasteiger partial charge is 0.335 e. The van der Waals surface area contributed by atoms with Gasteiger partial charge in [-0.15, -0.1) is 12.6 Å². The molecule has 0 heterocycles. The average molecular weight is 331 g/mol. The van der Waals surface area contributed by atoms with E-state index < -0.39 is 22.2 Å². The Morgan fingerprint density at radius 1 is 1.09 bits per heavy atom. The molecule has 2 aromatic carbocycles. The van der Waals surface area contributed by atoms with E-state index in [9.17, 15) is 9.59 Å². The Morgan fingerprint density at radius 3 is 2.26 bits per heavy atom. The van der Waals surface area contributed by atoms with Crippen LogP contribution in [0.5, 0.6) is 0 Å². The van der Waals surface area contributed by atoms with E-state index in [0.717, 1.165) is 16.3 Å². The normalized spacial score (nSPS) is 14.3. The zero-order chi connectivity index (χ0) is 17.3. The van der Waals surface area contributed by atoms with Gasteiger partial charge in [0, 0.05) is 6.42 Å². The third-order valence-corrected chi connectivity index (χ3v) is 3.84. The highest BCUT2D eigenvalue weighted by Crippen LogP contribution is 2.22. The summed E-state index contributed by atoms with van der Waals surface area (Å²) >= 11 is 3.81. The van der Waals surface area contributed by atoms with Crippen molar-refractivity contribution in [3.63, 3.8) is 0 Å². The largest absolute Gasteiger partial charge is 0.458 e. The molecule has 23 heavy (non-hydrogen) atoms. The van der Waals surface area contributed by atoms with Gasteiger partial charge in [-0.25, -0.2) is 4.79 Å². The Kier molecular flexibility index (Phi) is 4.82. The van der Waals surface area contributed by atoms with Gasteiger partial charge in [-0.1, -0.05) is 42.5 Å². The molecule has 0 aliphatic rings. The lowest BCUT2D eigenvalue weighted by Crippen LogP contribution is -2.57. The number of esters is 1. The van der Waals surface area contributed by atoms with Crippen molar-refractivity contribution >= 4 is 34.5 Å². The van der Waals surface area contributed by atoms with Crippen LogP contribution in [0.1, 0.15) is 26.3 Å². The SMILES string of the molecule is CC(C)(C)OC(=O)C(N)(Cc1ccc2ccccc2c1)C(=O)S. The van der Waals surface area contributed by atoms with Gasteiger partial charge >= 0.3 is 5.97 Å². The number of benzene rings is 2. The van der Waals surface area contributed by atoms with Crippen molar-refractivity contribution in [3.05, 3.63) is 48.0 Å². The Bertz CT molecular complexity index is 751. The molecule has 122 valence electrons. The van der Waals surface area contributed by atoms with E-state index in [-0.39, 0.29) is 6.42 Å². The minimum absolute atomic E-state index is 0.0368. The van der Waals surface area contributed by atoms with Gasteiger partial charge in [-0.2, -0.15) is 0 Å². The molecule has 5 heteroatoms. The molecule has 0 saturated heterocycles. The molecule has 1 unspecified atom stereocenters. The van der Waals surface area contributed by atoms with Crippen LogP contribution >= 0.6 is 12.6 Å². The summed E-state index contributed by atoms with van der Waals surface area (Å²) in [4.78, 5) is 24.3. The van der Waals surface area contributed by atoms with Crippen molar-refractivity contribution in [3.8, 4) is 0 Å². The molecule has 0 radical (unpaired) electrons. The van der Waals surface area contributed by atoms with Gasteiger partial charge in [-0.05, 0) is 37.1 Å². The second-order valence-electron chi connectivity index (χ2n) is 6.64. The first-order valence-corrected chi connectivity index (χ1v) is 7.80. The van der Waals surface area contributed by atoms with Crippen molar-refractivity contribution in [1.82, 2.24) is 0 Å². The number of fused-ring (bicyclic) bond motifs is 1. The molecule has 0 aliphatic heterocycles. The van der Waals surface area contributed by atoms with E-state index in [0.29, 0.717) is 0 Å². The molecule has 0 amide bonds. The molecule has 2 N–H and O–H groups in total. The zero-order valence-corrected chi connectivity index (χ0v) is 14.4. The van der Waals surface area contributed by atoms with Crippen molar-refractivity contribution in [2.24, 2.45) is 5.73 Å². The van der Waals surface area contributed by atoms with Gasteiger partial charge in [0.15, 0.2) is 5.54 Å². The van der Waals surface area contributed by atoms with E-state index in [4.69, 9.17) is 10.5 Å².